The van der Waals surface area contributed by atoms with Crippen molar-refractivity contribution in [1.29, 1.82) is 0 Å². The van der Waals surface area contributed by atoms with Crippen LogP contribution in [0.1, 0.15) is 12.5 Å². The summed E-state index contributed by atoms with van der Waals surface area (Å²) in [6.45, 7) is 2.61. The van der Waals surface area contributed by atoms with E-state index in [0.717, 1.165) is 22.6 Å². The van der Waals surface area contributed by atoms with Crippen LogP contribution in [0.4, 0.5) is 0 Å². The van der Waals surface area contributed by atoms with Crippen LogP contribution in [-0.2, 0) is 0 Å². The van der Waals surface area contributed by atoms with E-state index in [0.29, 0.717) is 6.54 Å². The van der Waals surface area contributed by atoms with E-state index < -0.39 is 0 Å². The molecule has 0 amide bonds. The maximum atomic E-state index is 5.72. The van der Waals surface area contributed by atoms with E-state index in [-0.39, 0.29) is 0 Å². The molecular formula is C16H17NO. The second kappa shape index (κ2) is 6.03. The van der Waals surface area contributed by atoms with Gasteiger partial charge in [0.2, 0.25) is 0 Å². The molecule has 0 saturated carbocycles. The van der Waals surface area contributed by atoms with Crippen LogP contribution in [-0.4, -0.2) is 6.54 Å². The van der Waals surface area contributed by atoms with Crippen molar-refractivity contribution in [3.8, 4) is 11.5 Å². The number of rotatable bonds is 4. The predicted molar refractivity (Wildman–Crippen MR) is 75.7 cm³/mol. The fourth-order valence-corrected chi connectivity index (χ4v) is 1.60. The molecule has 0 aromatic heterocycles. The highest BCUT2D eigenvalue weighted by Gasteiger charge is 1.96. The number of ether oxygens (including phenoxy) is 1. The quantitative estimate of drug-likeness (QED) is 0.879. The van der Waals surface area contributed by atoms with E-state index in [1.165, 1.54) is 0 Å². The van der Waals surface area contributed by atoms with Crippen molar-refractivity contribution in [3.05, 3.63) is 65.7 Å². The molecule has 0 saturated heterocycles. The zero-order valence-electron chi connectivity index (χ0n) is 10.5. The topological polar surface area (TPSA) is 35.2 Å². The molecule has 0 aliphatic heterocycles. The third-order valence-corrected chi connectivity index (χ3v) is 2.59. The van der Waals surface area contributed by atoms with Gasteiger partial charge in [-0.25, -0.2) is 0 Å². The molecule has 2 rings (SSSR count). The molecule has 2 aromatic rings. The Morgan fingerprint density at radius 3 is 2.22 bits per heavy atom. The predicted octanol–water partition coefficient (Wildman–Crippen LogP) is 3.84. The van der Waals surface area contributed by atoms with Gasteiger partial charge in [0.15, 0.2) is 0 Å². The van der Waals surface area contributed by atoms with Gasteiger partial charge >= 0.3 is 0 Å². The molecule has 0 atom stereocenters. The van der Waals surface area contributed by atoms with Gasteiger partial charge in [0.05, 0.1) is 0 Å². The molecule has 0 bridgehead atoms. The van der Waals surface area contributed by atoms with Crippen molar-refractivity contribution >= 4 is 6.08 Å². The second-order valence-corrected chi connectivity index (χ2v) is 4.18. The average Bonchev–Trinajstić information content (AvgIpc) is 2.42. The van der Waals surface area contributed by atoms with Crippen molar-refractivity contribution in [2.45, 2.75) is 6.92 Å². The first-order valence-corrected chi connectivity index (χ1v) is 5.98. The summed E-state index contributed by atoms with van der Waals surface area (Å²) >= 11 is 0. The first kappa shape index (κ1) is 12.4. The lowest BCUT2D eigenvalue weighted by Crippen LogP contribution is -1.99. The molecule has 0 radical (unpaired) electrons. The molecule has 92 valence electrons. The number of nitrogens with two attached hydrogens (primary N) is 1. The van der Waals surface area contributed by atoms with Crippen LogP contribution in [0.5, 0.6) is 11.5 Å². The summed E-state index contributed by atoms with van der Waals surface area (Å²) < 4.78 is 5.72. The first-order chi connectivity index (χ1) is 8.78. The lowest BCUT2D eigenvalue weighted by molar-refractivity contribution is 0.482. The van der Waals surface area contributed by atoms with E-state index in [2.05, 4.69) is 6.08 Å². The minimum Gasteiger partial charge on any atom is -0.457 e. The lowest BCUT2D eigenvalue weighted by Gasteiger charge is -2.05. The lowest BCUT2D eigenvalue weighted by atomic mass is 10.1. The number of hydrogen-bond acceptors (Lipinski definition) is 2. The Kier molecular flexibility index (Phi) is 4.15. The molecular weight excluding hydrogens is 222 g/mol. The summed E-state index contributed by atoms with van der Waals surface area (Å²) in [5.41, 5.74) is 7.86. The Morgan fingerprint density at radius 2 is 1.61 bits per heavy atom. The van der Waals surface area contributed by atoms with Crippen molar-refractivity contribution in [3.63, 3.8) is 0 Å². The van der Waals surface area contributed by atoms with Crippen molar-refractivity contribution in [2.75, 3.05) is 6.54 Å². The van der Waals surface area contributed by atoms with Crippen LogP contribution in [0.15, 0.2) is 60.2 Å². The highest BCUT2D eigenvalue weighted by Crippen LogP contribution is 2.21. The zero-order chi connectivity index (χ0) is 12.8. The molecule has 0 fully saturated rings. The third kappa shape index (κ3) is 3.47. The third-order valence-electron chi connectivity index (χ3n) is 2.59. The monoisotopic (exact) mass is 239 g/mol. The normalized spacial score (nSPS) is 11.3. The average molecular weight is 239 g/mol. The minimum atomic E-state index is 0.586. The van der Waals surface area contributed by atoms with Crippen molar-refractivity contribution in [2.24, 2.45) is 5.73 Å². The summed E-state index contributed by atoms with van der Waals surface area (Å²) in [6.07, 6.45) is 2.08. The Bertz CT molecular complexity index is 515. The van der Waals surface area contributed by atoms with E-state index in [4.69, 9.17) is 10.5 Å². The summed E-state index contributed by atoms with van der Waals surface area (Å²) in [5, 5.41) is 0. The zero-order valence-corrected chi connectivity index (χ0v) is 10.5. The number of para-hydroxylation sites is 1. The molecule has 18 heavy (non-hydrogen) atoms. The Labute approximate surface area is 108 Å². The van der Waals surface area contributed by atoms with Crippen LogP contribution >= 0.6 is 0 Å². The van der Waals surface area contributed by atoms with Crippen LogP contribution in [0.25, 0.3) is 6.08 Å². The number of benzene rings is 2. The van der Waals surface area contributed by atoms with Gasteiger partial charge in [0.1, 0.15) is 11.5 Å². The Balaban J connectivity index is 2.09. The van der Waals surface area contributed by atoms with Crippen LogP contribution in [0.2, 0.25) is 0 Å². The highest BCUT2D eigenvalue weighted by atomic mass is 16.5. The standard InChI is InChI=1S/C16H17NO/c1-13(12-17)11-14-7-9-16(10-8-14)18-15-5-3-2-4-6-15/h2-11H,12,17H2,1H3. The SMILES string of the molecule is CC(=Cc1ccc(Oc2ccccc2)cc1)CN. The molecule has 0 heterocycles. The van der Waals surface area contributed by atoms with Crippen molar-refractivity contribution < 1.29 is 4.74 Å². The van der Waals surface area contributed by atoms with Crippen molar-refractivity contribution in [1.82, 2.24) is 0 Å². The van der Waals surface area contributed by atoms with Gasteiger partial charge in [0, 0.05) is 6.54 Å². The van der Waals surface area contributed by atoms with Crippen LogP contribution < -0.4 is 10.5 Å². The molecule has 0 aliphatic carbocycles. The fourth-order valence-electron chi connectivity index (χ4n) is 1.60. The summed E-state index contributed by atoms with van der Waals surface area (Å²) in [6, 6.07) is 17.7. The van der Waals surface area contributed by atoms with Gasteiger partial charge in [-0.2, -0.15) is 0 Å². The molecule has 2 nitrogen and oxygen atoms in total. The molecule has 0 spiro atoms. The van der Waals surface area contributed by atoms with Gasteiger partial charge in [-0.3, -0.25) is 0 Å². The van der Waals surface area contributed by atoms with E-state index in [1.54, 1.807) is 0 Å². The van der Waals surface area contributed by atoms with Crippen LogP contribution in [0, 0.1) is 0 Å². The summed E-state index contributed by atoms with van der Waals surface area (Å²) in [4.78, 5) is 0. The molecule has 0 unspecified atom stereocenters. The largest absolute Gasteiger partial charge is 0.457 e. The maximum Gasteiger partial charge on any atom is 0.127 e. The molecule has 2 heteroatoms. The van der Waals surface area contributed by atoms with E-state index in [1.807, 2.05) is 61.5 Å². The van der Waals surface area contributed by atoms with Gasteiger partial charge in [-0.05, 0) is 36.8 Å². The van der Waals surface area contributed by atoms with E-state index in [9.17, 15) is 0 Å². The number of hydrogen-bond donors (Lipinski definition) is 1. The smallest absolute Gasteiger partial charge is 0.127 e. The minimum absolute atomic E-state index is 0.586. The Hall–Kier alpha value is -2.06. The highest BCUT2D eigenvalue weighted by molar-refractivity contribution is 5.54. The summed E-state index contributed by atoms with van der Waals surface area (Å²) in [7, 11) is 0. The second-order valence-electron chi connectivity index (χ2n) is 4.18. The fraction of sp³-hybridized carbons (Fsp3) is 0.125. The maximum absolute atomic E-state index is 5.72. The van der Waals surface area contributed by atoms with E-state index >= 15 is 0 Å². The van der Waals surface area contributed by atoms with Gasteiger partial charge < -0.3 is 10.5 Å². The Morgan fingerprint density at radius 1 is 1.00 bits per heavy atom. The van der Waals surface area contributed by atoms with Gasteiger partial charge in [-0.1, -0.05) is 42.0 Å². The molecule has 2 aromatic carbocycles. The van der Waals surface area contributed by atoms with Gasteiger partial charge in [0.25, 0.3) is 0 Å². The first-order valence-electron chi connectivity index (χ1n) is 5.98. The molecule has 2 N–H and O–H groups in total. The molecule has 0 aliphatic rings. The summed E-state index contributed by atoms with van der Waals surface area (Å²) in [5.74, 6) is 1.68. The van der Waals surface area contributed by atoms with Gasteiger partial charge in [-0.15, -0.1) is 0 Å². The van der Waals surface area contributed by atoms with Crippen LogP contribution in [0.3, 0.4) is 0 Å².